The van der Waals surface area contributed by atoms with Gasteiger partial charge in [-0.1, -0.05) is 12.0 Å². The molecule has 0 aliphatic carbocycles. The summed E-state index contributed by atoms with van der Waals surface area (Å²) < 4.78 is 1.99. The molecule has 0 N–H and O–H groups in total. The normalized spacial score (nSPS) is 10.2. The standard InChI is InChI=1S/C9H21N4/c1-6-7-13(9-12(4)5)10-8-11(2)3/h8-9H,6-7H2,1-5H3/q+1/b10-8+. The van der Waals surface area contributed by atoms with Crippen LogP contribution in [0.15, 0.2) is 5.10 Å². The molecule has 0 rings (SSSR count). The molecule has 0 aliphatic rings. The lowest BCUT2D eigenvalue weighted by molar-refractivity contribution is -0.464. The number of hydrogen-bond acceptors (Lipinski definition) is 1. The topological polar surface area (TPSA) is 21.9 Å². The Morgan fingerprint density at radius 2 is 1.92 bits per heavy atom. The van der Waals surface area contributed by atoms with Gasteiger partial charge in [0.25, 0.3) is 6.34 Å². The lowest BCUT2D eigenvalue weighted by Crippen LogP contribution is -2.23. The van der Waals surface area contributed by atoms with Crippen LogP contribution in [-0.4, -0.2) is 61.9 Å². The zero-order chi connectivity index (χ0) is 10.3. The van der Waals surface area contributed by atoms with E-state index >= 15 is 0 Å². The maximum atomic E-state index is 4.29. The van der Waals surface area contributed by atoms with Gasteiger partial charge in [-0.2, -0.15) is 0 Å². The van der Waals surface area contributed by atoms with E-state index in [0.717, 1.165) is 13.0 Å². The highest BCUT2D eigenvalue weighted by Gasteiger charge is 2.02. The molecule has 0 saturated carbocycles. The van der Waals surface area contributed by atoms with E-state index in [1.54, 1.807) is 6.34 Å². The third kappa shape index (κ3) is 7.31. The van der Waals surface area contributed by atoms with Gasteiger partial charge in [-0.15, -0.1) is 5.01 Å². The van der Waals surface area contributed by atoms with Crippen LogP contribution >= 0.6 is 0 Å². The van der Waals surface area contributed by atoms with E-state index < -0.39 is 0 Å². The van der Waals surface area contributed by atoms with E-state index in [2.05, 4.69) is 12.0 Å². The fourth-order valence-electron chi connectivity index (χ4n) is 0.811. The summed E-state index contributed by atoms with van der Waals surface area (Å²) >= 11 is 0. The maximum absolute atomic E-state index is 4.29. The van der Waals surface area contributed by atoms with E-state index in [-0.39, 0.29) is 0 Å². The van der Waals surface area contributed by atoms with Crippen LogP contribution in [0.2, 0.25) is 0 Å². The molecule has 0 amide bonds. The fourth-order valence-corrected chi connectivity index (χ4v) is 0.811. The van der Waals surface area contributed by atoms with Crippen LogP contribution in [-0.2, 0) is 0 Å². The highest BCUT2D eigenvalue weighted by Crippen LogP contribution is 1.87. The lowest BCUT2D eigenvalue weighted by atomic mass is 10.5. The van der Waals surface area contributed by atoms with Crippen molar-refractivity contribution in [2.24, 2.45) is 5.10 Å². The molecule has 0 atom stereocenters. The van der Waals surface area contributed by atoms with E-state index in [9.17, 15) is 0 Å². The molecule has 0 aromatic carbocycles. The molecule has 76 valence electrons. The Hall–Kier alpha value is -1.06. The molecule has 0 aliphatic heterocycles. The zero-order valence-electron chi connectivity index (χ0n) is 9.36. The van der Waals surface area contributed by atoms with Gasteiger partial charge in [0.15, 0.2) is 0 Å². The van der Waals surface area contributed by atoms with Crippen molar-refractivity contribution in [3.05, 3.63) is 0 Å². The first kappa shape index (κ1) is 11.9. The molecule has 0 unspecified atom stereocenters. The molecule has 0 aromatic heterocycles. The highest BCUT2D eigenvalue weighted by atomic mass is 15.5. The second kappa shape index (κ2) is 6.46. The lowest BCUT2D eigenvalue weighted by Gasteiger charge is -2.07. The summed E-state index contributed by atoms with van der Waals surface area (Å²) in [5, 5.41) is 6.22. The molecule has 0 bridgehead atoms. The van der Waals surface area contributed by atoms with Crippen LogP contribution in [0.1, 0.15) is 13.3 Å². The first-order chi connectivity index (χ1) is 6.06. The van der Waals surface area contributed by atoms with Gasteiger partial charge in [-0.05, 0) is 6.42 Å². The van der Waals surface area contributed by atoms with Gasteiger partial charge in [0, 0.05) is 14.1 Å². The summed E-state index contributed by atoms with van der Waals surface area (Å²) in [6, 6.07) is 0. The Labute approximate surface area is 81.1 Å². The molecule has 4 heteroatoms. The fraction of sp³-hybridized carbons (Fsp3) is 0.778. The number of nitrogens with zero attached hydrogens (tertiary/aromatic N) is 4. The van der Waals surface area contributed by atoms with Gasteiger partial charge in [0.2, 0.25) is 0 Å². The SMILES string of the molecule is CCCN(C=[N+](C)C)/N=C/N(C)C. The van der Waals surface area contributed by atoms with Gasteiger partial charge in [-0.25, -0.2) is 0 Å². The van der Waals surface area contributed by atoms with Crippen molar-refractivity contribution in [1.29, 1.82) is 0 Å². The number of rotatable bonds is 5. The van der Waals surface area contributed by atoms with Crippen molar-refractivity contribution >= 4 is 12.7 Å². The average molecular weight is 185 g/mol. The predicted molar refractivity (Wildman–Crippen MR) is 57.3 cm³/mol. The molecule has 4 nitrogen and oxygen atoms in total. The van der Waals surface area contributed by atoms with Crippen LogP contribution in [0, 0.1) is 0 Å². The third-order valence-corrected chi connectivity index (χ3v) is 1.25. The van der Waals surface area contributed by atoms with Crippen LogP contribution in [0.3, 0.4) is 0 Å². The van der Waals surface area contributed by atoms with Crippen molar-refractivity contribution < 1.29 is 4.58 Å². The first-order valence-electron chi connectivity index (χ1n) is 4.54. The molecular weight excluding hydrogens is 164 g/mol. The molecular formula is C9H21N4+. The minimum atomic E-state index is 0.947. The Balaban J connectivity index is 4.17. The summed E-state index contributed by atoms with van der Waals surface area (Å²) in [5.41, 5.74) is 0. The summed E-state index contributed by atoms with van der Waals surface area (Å²) in [5.74, 6) is 0. The highest BCUT2D eigenvalue weighted by molar-refractivity contribution is 5.57. The summed E-state index contributed by atoms with van der Waals surface area (Å²) in [7, 11) is 7.91. The van der Waals surface area contributed by atoms with Crippen molar-refractivity contribution in [3.63, 3.8) is 0 Å². The Bertz CT molecular complexity index is 180. The zero-order valence-corrected chi connectivity index (χ0v) is 9.36. The van der Waals surface area contributed by atoms with Crippen LogP contribution in [0.5, 0.6) is 0 Å². The Morgan fingerprint density at radius 3 is 2.31 bits per heavy atom. The van der Waals surface area contributed by atoms with Gasteiger partial charge in [0.05, 0.1) is 14.1 Å². The minimum Gasteiger partial charge on any atom is -0.366 e. The molecule has 0 fully saturated rings. The van der Waals surface area contributed by atoms with Crippen molar-refractivity contribution in [2.75, 3.05) is 34.7 Å². The predicted octanol–water partition coefficient (Wildman–Crippen LogP) is 0.504. The molecule has 0 aromatic rings. The molecule has 0 spiro atoms. The monoisotopic (exact) mass is 185 g/mol. The van der Waals surface area contributed by atoms with E-state index in [1.165, 1.54) is 0 Å². The molecule has 0 saturated heterocycles. The van der Waals surface area contributed by atoms with Crippen molar-refractivity contribution in [3.8, 4) is 0 Å². The summed E-state index contributed by atoms with van der Waals surface area (Å²) in [6.45, 7) is 3.09. The third-order valence-electron chi connectivity index (χ3n) is 1.25. The van der Waals surface area contributed by atoms with Gasteiger partial charge < -0.3 is 4.90 Å². The van der Waals surface area contributed by atoms with Crippen LogP contribution in [0.25, 0.3) is 0 Å². The smallest absolute Gasteiger partial charge is 0.259 e. The molecule has 0 radical (unpaired) electrons. The van der Waals surface area contributed by atoms with Gasteiger partial charge in [-0.3, -0.25) is 4.58 Å². The van der Waals surface area contributed by atoms with E-state index in [4.69, 9.17) is 0 Å². The maximum Gasteiger partial charge on any atom is 0.259 e. The Kier molecular flexibility index (Phi) is 5.93. The molecule has 13 heavy (non-hydrogen) atoms. The van der Waals surface area contributed by atoms with Gasteiger partial charge in [0.1, 0.15) is 12.9 Å². The quantitative estimate of drug-likeness (QED) is 0.269. The largest absolute Gasteiger partial charge is 0.366 e. The second-order valence-corrected chi connectivity index (χ2v) is 3.44. The summed E-state index contributed by atoms with van der Waals surface area (Å²) in [4.78, 5) is 1.92. The average Bonchev–Trinajstić information content (AvgIpc) is 1.99. The van der Waals surface area contributed by atoms with Crippen LogP contribution < -0.4 is 0 Å². The molecule has 0 heterocycles. The van der Waals surface area contributed by atoms with E-state index in [0.29, 0.717) is 0 Å². The number of hydrazone groups is 1. The minimum absolute atomic E-state index is 0.947. The Morgan fingerprint density at radius 1 is 1.31 bits per heavy atom. The van der Waals surface area contributed by atoms with E-state index in [1.807, 2.05) is 49.0 Å². The first-order valence-corrected chi connectivity index (χ1v) is 4.54. The van der Waals surface area contributed by atoms with Crippen LogP contribution in [0.4, 0.5) is 0 Å². The van der Waals surface area contributed by atoms with Crippen molar-refractivity contribution in [2.45, 2.75) is 13.3 Å². The van der Waals surface area contributed by atoms with Gasteiger partial charge >= 0.3 is 0 Å². The second-order valence-electron chi connectivity index (χ2n) is 3.44. The number of hydrogen-bond donors (Lipinski definition) is 0. The summed E-state index contributed by atoms with van der Waals surface area (Å²) in [6.07, 6.45) is 4.87. The van der Waals surface area contributed by atoms with Crippen molar-refractivity contribution in [1.82, 2.24) is 9.91 Å².